The van der Waals surface area contributed by atoms with Gasteiger partial charge in [-0.3, -0.25) is 4.79 Å². The number of ketones is 1. The fraction of sp³-hybridized carbons (Fsp3) is 0.364. The highest BCUT2D eigenvalue weighted by Crippen LogP contribution is 2.16. The van der Waals surface area contributed by atoms with Gasteiger partial charge in [0.1, 0.15) is 0 Å². The molecule has 0 fully saturated rings. The van der Waals surface area contributed by atoms with Gasteiger partial charge >= 0.3 is 0 Å². The zero-order chi connectivity index (χ0) is 9.84. The molecule has 13 heavy (non-hydrogen) atoms. The highest BCUT2D eigenvalue weighted by molar-refractivity contribution is 7.10. The van der Waals surface area contributed by atoms with E-state index < -0.39 is 0 Å². The minimum absolute atomic E-state index is 0.0928. The molecule has 0 aliphatic rings. The molecule has 0 atom stereocenters. The first-order chi connectivity index (χ1) is 6.11. The van der Waals surface area contributed by atoms with Gasteiger partial charge in [-0.1, -0.05) is 19.9 Å². The van der Waals surface area contributed by atoms with Crippen LogP contribution < -0.4 is 0 Å². The molecule has 0 aliphatic heterocycles. The first-order valence-electron chi connectivity index (χ1n) is 4.37. The smallest absolute Gasteiger partial charge is 0.158 e. The van der Waals surface area contributed by atoms with Crippen molar-refractivity contribution in [1.29, 1.82) is 0 Å². The molecule has 0 saturated carbocycles. The van der Waals surface area contributed by atoms with Crippen LogP contribution in [0.1, 0.15) is 24.3 Å². The molecule has 0 radical (unpaired) electrons. The second-order valence-electron chi connectivity index (χ2n) is 3.32. The summed E-state index contributed by atoms with van der Waals surface area (Å²) in [7, 11) is 0. The van der Waals surface area contributed by atoms with Gasteiger partial charge in [0.25, 0.3) is 0 Å². The summed E-state index contributed by atoms with van der Waals surface area (Å²) in [4.78, 5) is 12.5. The lowest BCUT2D eigenvalue weighted by Gasteiger charge is -1.96. The lowest BCUT2D eigenvalue weighted by Crippen LogP contribution is -2.01. The van der Waals surface area contributed by atoms with Crippen molar-refractivity contribution in [1.82, 2.24) is 0 Å². The number of allylic oxidation sites excluding steroid dienone is 1. The van der Waals surface area contributed by atoms with Crippen LogP contribution in [0.5, 0.6) is 0 Å². The summed E-state index contributed by atoms with van der Waals surface area (Å²) in [5, 5.41) is 2.04. The van der Waals surface area contributed by atoms with E-state index in [0.717, 1.165) is 5.56 Å². The van der Waals surface area contributed by atoms with Crippen LogP contribution in [0, 0.1) is 12.8 Å². The number of carbonyl (C=O) groups excluding carboxylic acids is 1. The van der Waals surface area contributed by atoms with Crippen molar-refractivity contribution in [2.45, 2.75) is 20.8 Å². The van der Waals surface area contributed by atoms with Crippen LogP contribution in [0.4, 0.5) is 0 Å². The molecule has 0 bridgehead atoms. The molecule has 2 heteroatoms. The van der Waals surface area contributed by atoms with Crippen LogP contribution in [-0.4, -0.2) is 5.78 Å². The Kier molecular flexibility index (Phi) is 3.43. The largest absolute Gasteiger partial charge is 0.295 e. The SMILES string of the molecule is Cc1sccc1/C=C/C(=O)C(C)C. The molecule has 0 aliphatic carbocycles. The number of carbonyl (C=O) groups is 1. The van der Waals surface area contributed by atoms with Gasteiger partial charge in [0, 0.05) is 10.8 Å². The zero-order valence-electron chi connectivity index (χ0n) is 8.20. The topological polar surface area (TPSA) is 17.1 Å². The number of hydrogen-bond acceptors (Lipinski definition) is 2. The Balaban J connectivity index is 2.69. The molecule has 0 N–H and O–H groups in total. The quantitative estimate of drug-likeness (QED) is 0.675. The Bertz CT molecular complexity index is 321. The third-order valence-electron chi connectivity index (χ3n) is 1.90. The van der Waals surface area contributed by atoms with Crippen LogP contribution >= 0.6 is 11.3 Å². The van der Waals surface area contributed by atoms with E-state index in [-0.39, 0.29) is 11.7 Å². The molecule has 1 aromatic rings. The molecule has 0 amide bonds. The highest BCUT2D eigenvalue weighted by Gasteiger charge is 2.02. The molecular formula is C11H14OS. The fourth-order valence-corrected chi connectivity index (χ4v) is 1.62. The first kappa shape index (κ1) is 10.2. The fourth-order valence-electron chi connectivity index (χ4n) is 0.932. The summed E-state index contributed by atoms with van der Waals surface area (Å²) < 4.78 is 0. The second-order valence-corrected chi connectivity index (χ2v) is 4.44. The van der Waals surface area contributed by atoms with Gasteiger partial charge < -0.3 is 0 Å². The van der Waals surface area contributed by atoms with Crippen molar-refractivity contribution >= 4 is 23.2 Å². The minimum atomic E-state index is 0.0928. The van der Waals surface area contributed by atoms with Crippen LogP contribution in [0.15, 0.2) is 17.5 Å². The van der Waals surface area contributed by atoms with E-state index in [1.165, 1.54) is 4.88 Å². The molecular weight excluding hydrogens is 180 g/mol. The van der Waals surface area contributed by atoms with Crippen molar-refractivity contribution in [3.63, 3.8) is 0 Å². The summed E-state index contributed by atoms with van der Waals surface area (Å²) in [5.74, 6) is 0.279. The molecule has 0 aromatic carbocycles. The van der Waals surface area contributed by atoms with Gasteiger partial charge in [-0.05, 0) is 30.0 Å². The molecule has 1 heterocycles. The summed E-state index contributed by atoms with van der Waals surface area (Å²) in [6.07, 6.45) is 3.56. The van der Waals surface area contributed by atoms with E-state index in [1.807, 2.05) is 31.4 Å². The van der Waals surface area contributed by atoms with Crippen molar-refractivity contribution in [2.24, 2.45) is 5.92 Å². The summed E-state index contributed by atoms with van der Waals surface area (Å²) >= 11 is 1.70. The Morgan fingerprint density at radius 1 is 1.54 bits per heavy atom. The van der Waals surface area contributed by atoms with Gasteiger partial charge in [-0.25, -0.2) is 0 Å². The molecule has 1 aromatic heterocycles. The average molecular weight is 194 g/mol. The van der Waals surface area contributed by atoms with E-state index in [4.69, 9.17) is 0 Å². The average Bonchev–Trinajstić information content (AvgIpc) is 2.47. The van der Waals surface area contributed by atoms with Crippen molar-refractivity contribution in [3.8, 4) is 0 Å². The maximum Gasteiger partial charge on any atom is 0.158 e. The van der Waals surface area contributed by atoms with Crippen LogP contribution in [0.2, 0.25) is 0 Å². The molecule has 0 spiro atoms. The lowest BCUT2D eigenvalue weighted by molar-refractivity contribution is -0.117. The maximum atomic E-state index is 11.3. The van der Waals surface area contributed by atoms with E-state index >= 15 is 0 Å². The summed E-state index contributed by atoms with van der Waals surface area (Å²) in [6.45, 7) is 5.88. The van der Waals surface area contributed by atoms with Gasteiger partial charge in [0.05, 0.1) is 0 Å². The van der Waals surface area contributed by atoms with E-state index in [0.29, 0.717) is 0 Å². The molecule has 0 unspecified atom stereocenters. The minimum Gasteiger partial charge on any atom is -0.295 e. The van der Waals surface area contributed by atoms with Gasteiger partial charge in [0.15, 0.2) is 5.78 Å². The molecule has 0 saturated heterocycles. The van der Waals surface area contributed by atoms with Gasteiger partial charge in [0.2, 0.25) is 0 Å². The third kappa shape index (κ3) is 2.81. The number of thiophene rings is 1. The second kappa shape index (κ2) is 4.38. The number of rotatable bonds is 3. The standard InChI is InChI=1S/C11H14OS/c1-8(2)11(12)5-4-10-6-7-13-9(10)3/h4-8H,1-3H3/b5-4+. The van der Waals surface area contributed by atoms with E-state index in [2.05, 4.69) is 6.92 Å². The van der Waals surface area contributed by atoms with Gasteiger partial charge in [-0.2, -0.15) is 0 Å². The Morgan fingerprint density at radius 3 is 2.69 bits per heavy atom. The summed E-state index contributed by atoms with van der Waals surface area (Å²) in [5.41, 5.74) is 1.15. The maximum absolute atomic E-state index is 11.3. The van der Waals surface area contributed by atoms with E-state index in [9.17, 15) is 4.79 Å². The van der Waals surface area contributed by atoms with E-state index in [1.54, 1.807) is 17.4 Å². The predicted octanol–water partition coefficient (Wildman–Crippen LogP) is 3.29. The normalized spacial score (nSPS) is 11.4. The predicted molar refractivity (Wildman–Crippen MR) is 57.9 cm³/mol. The number of aryl methyl sites for hydroxylation is 1. The van der Waals surface area contributed by atoms with Crippen molar-refractivity contribution in [2.75, 3.05) is 0 Å². The van der Waals surface area contributed by atoms with Crippen molar-refractivity contribution in [3.05, 3.63) is 28.0 Å². The Hall–Kier alpha value is -0.890. The molecule has 70 valence electrons. The highest BCUT2D eigenvalue weighted by atomic mass is 32.1. The Morgan fingerprint density at radius 2 is 2.23 bits per heavy atom. The van der Waals surface area contributed by atoms with Crippen LogP contribution in [-0.2, 0) is 4.79 Å². The van der Waals surface area contributed by atoms with Gasteiger partial charge in [-0.15, -0.1) is 11.3 Å². The van der Waals surface area contributed by atoms with Crippen LogP contribution in [0.25, 0.3) is 6.08 Å². The monoisotopic (exact) mass is 194 g/mol. The number of hydrogen-bond donors (Lipinski definition) is 0. The lowest BCUT2D eigenvalue weighted by atomic mass is 10.1. The third-order valence-corrected chi connectivity index (χ3v) is 2.76. The summed E-state index contributed by atoms with van der Waals surface area (Å²) in [6, 6.07) is 2.03. The molecule has 1 rings (SSSR count). The van der Waals surface area contributed by atoms with Crippen LogP contribution in [0.3, 0.4) is 0 Å². The van der Waals surface area contributed by atoms with Crippen molar-refractivity contribution < 1.29 is 4.79 Å². The first-order valence-corrected chi connectivity index (χ1v) is 5.25. The zero-order valence-corrected chi connectivity index (χ0v) is 9.02. The Labute approximate surface area is 83.1 Å². The molecule has 1 nitrogen and oxygen atoms in total.